The molecule has 33 heavy (non-hydrogen) atoms. The largest absolute Gasteiger partial charge is 0.481 e. The van der Waals surface area contributed by atoms with Gasteiger partial charge < -0.3 is 20.1 Å². The molecule has 2 aliphatic carbocycles. The quantitative estimate of drug-likeness (QED) is 0.704. The summed E-state index contributed by atoms with van der Waals surface area (Å²) in [6, 6.07) is 15.2. The minimum absolute atomic E-state index is 0.0480. The van der Waals surface area contributed by atoms with Crippen LogP contribution in [-0.4, -0.2) is 53.2 Å². The monoisotopic (exact) mass is 448 g/mol. The highest BCUT2D eigenvalue weighted by Gasteiger charge is 2.45. The van der Waals surface area contributed by atoms with Gasteiger partial charge in [0.1, 0.15) is 12.6 Å². The molecule has 2 aromatic rings. The Morgan fingerprint density at radius 1 is 1.03 bits per heavy atom. The summed E-state index contributed by atoms with van der Waals surface area (Å²) >= 11 is 0. The highest BCUT2D eigenvalue weighted by molar-refractivity contribution is 5.88. The molecule has 1 aliphatic heterocycles. The minimum atomic E-state index is -0.884. The van der Waals surface area contributed by atoms with Gasteiger partial charge in [-0.25, -0.2) is 4.79 Å². The zero-order chi connectivity index (χ0) is 23.1. The van der Waals surface area contributed by atoms with Gasteiger partial charge in [0.25, 0.3) is 0 Å². The van der Waals surface area contributed by atoms with Crippen LogP contribution in [-0.2, 0) is 14.3 Å². The number of alkyl carbamates (subject to hydrolysis) is 1. The van der Waals surface area contributed by atoms with Crippen molar-refractivity contribution in [1.82, 2.24) is 10.2 Å². The Morgan fingerprint density at radius 2 is 1.64 bits per heavy atom. The Kier molecular flexibility index (Phi) is 5.56. The molecule has 0 spiro atoms. The highest BCUT2D eigenvalue weighted by Crippen LogP contribution is 2.44. The molecular weight excluding hydrogens is 420 g/mol. The lowest BCUT2D eigenvalue weighted by atomic mass is 9.98. The van der Waals surface area contributed by atoms with Crippen LogP contribution in [0.5, 0.6) is 0 Å². The number of fused-ring (bicyclic) bond motifs is 3. The number of hydrogen-bond donors (Lipinski definition) is 2. The van der Waals surface area contributed by atoms with Crippen LogP contribution in [0.1, 0.15) is 43.2 Å². The number of benzene rings is 2. The lowest BCUT2D eigenvalue weighted by Gasteiger charge is -2.28. The van der Waals surface area contributed by atoms with Crippen LogP contribution in [0.3, 0.4) is 0 Å². The maximum Gasteiger partial charge on any atom is 0.407 e. The van der Waals surface area contributed by atoms with Crippen molar-refractivity contribution in [3.05, 3.63) is 59.7 Å². The zero-order valence-corrected chi connectivity index (χ0v) is 18.6. The number of aliphatic carboxylic acids is 1. The number of nitrogens with one attached hydrogen (secondary N) is 1. The fourth-order valence-electron chi connectivity index (χ4n) is 5.34. The van der Waals surface area contributed by atoms with Crippen molar-refractivity contribution >= 4 is 18.0 Å². The second-order valence-corrected chi connectivity index (χ2v) is 9.29. The number of carboxylic acids is 1. The molecule has 172 valence electrons. The van der Waals surface area contributed by atoms with E-state index in [1.54, 1.807) is 11.8 Å². The number of carbonyl (C=O) groups is 3. The van der Waals surface area contributed by atoms with Gasteiger partial charge in [0.2, 0.25) is 5.91 Å². The van der Waals surface area contributed by atoms with Gasteiger partial charge in [0, 0.05) is 18.5 Å². The van der Waals surface area contributed by atoms with E-state index in [0.717, 1.165) is 35.1 Å². The molecule has 3 atom stereocenters. The summed E-state index contributed by atoms with van der Waals surface area (Å²) in [6.45, 7) is 2.35. The van der Waals surface area contributed by atoms with E-state index >= 15 is 0 Å². The zero-order valence-electron chi connectivity index (χ0n) is 18.6. The van der Waals surface area contributed by atoms with E-state index < -0.39 is 24.0 Å². The predicted molar refractivity (Wildman–Crippen MR) is 122 cm³/mol. The Hall–Kier alpha value is -3.35. The van der Waals surface area contributed by atoms with E-state index in [4.69, 9.17) is 4.74 Å². The molecule has 3 unspecified atom stereocenters. The molecular formula is C26H28N2O5. The maximum atomic E-state index is 13.2. The molecule has 1 saturated carbocycles. The Bertz CT molecular complexity index is 1050. The first-order valence-corrected chi connectivity index (χ1v) is 11.6. The second kappa shape index (κ2) is 8.54. The Balaban J connectivity index is 1.25. The van der Waals surface area contributed by atoms with Crippen molar-refractivity contribution in [3.63, 3.8) is 0 Å². The molecule has 0 bridgehead atoms. The van der Waals surface area contributed by atoms with E-state index in [9.17, 15) is 19.5 Å². The number of hydrogen-bond acceptors (Lipinski definition) is 4. The third-order valence-electron chi connectivity index (χ3n) is 7.33. The van der Waals surface area contributed by atoms with E-state index in [0.29, 0.717) is 13.0 Å². The molecule has 2 fully saturated rings. The van der Waals surface area contributed by atoms with Gasteiger partial charge >= 0.3 is 12.1 Å². The van der Waals surface area contributed by atoms with Crippen LogP contribution in [0.2, 0.25) is 0 Å². The van der Waals surface area contributed by atoms with Gasteiger partial charge in [-0.1, -0.05) is 48.5 Å². The third-order valence-corrected chi connectivity index (χ3v) is 7.33. The van der Waals surface area contributed by atoms with Crippen molar-refractivity contribution in [2.75, 3.05) is 13.2 Å². The first-order valence-electron chi connectivity index (χ1n) is 11.6. The molecule has 0 radical (unpaired) electrons. The number of likely N-dealkylation sites (tertiary alicyclic amines) is 1. The molecule has 2 aromatic carbocycles. The minimum Gasteiger partial charge on any atom is -0.481 e. The van der Waals surface area contributed by atoms with Gasteiger partial charge in [-0.2, -0.15) is 0 Å². The molecule has 0 aromatic heterocycles. The summed E-state index contributed by atoms with van der Waals surface area (Å²) in [5.41, 5.74) is 4.58. The van der Waals surface area contributed by atoms with Crippen LogP contribution in [0.15, 0.2) is 48.5 Å². The maximum absolute atomic E-state index is 13.2. The van der Waals surface area contributed by atoms with E-state index in [1.165, 1.54) is 0 Å². The van der Waals surface area contributed by atoms with Crippen molar-refractivity contribution < 1.29 is 24.2 Å². The van der Waals surface area contributed by atoms with Gasteiger partial charge in [-0.3, -0.25) is 9.59 Å². The molecule has 2 N–H and O–H groups in total. The average molecular weight is 449 g/mol. The number of ether oxygens (including phenoxy) is 1. The fraction of sp³-hybridized carbons (Fsp3) is 0.423. The van der Waals surface area contributed by atoms with Crippen molar-refractivity contribution in [3.8, 4) is 11.1 Å². The van der Waals surface area contributed by atoms with E-state index in [2.05, 4.69) is 29.6 Å². The standard InChI is InChI=1S/C26H28N2O5/c1-15-17(25(30)31)12-13-28(15)24(29)23(16-10-11-16)27-26(32)33-14-22-20-8-4-2-6-18(20)19-7-3-5-9-21(19)22/h2-9,15-17,22-23H,10-14H2,1H3,(H,27,32)(H,30,31). The highest BCUT2D eigenvalue weighted by atomic mass is 16.5. The number of nitrogens with zero attached hydrogens (tertiary/aromatic N) is 1. The van der Waals surface area contributed by atoms with Crippen molar-refractivity contribution in [1.29, 1.82) is 0 Å². The van der Waals surface area contributed by atoms with Gasteiger partial charge in [0.05, 0.1) is 5.92 Å². The van der Waals surface area contributed by atoms with Gasteiger partial charge in [-0.05, 0) is 54.4 Å². The number of carbonyl (C=O) groups excluding carboxylic acids is 2. The van der Waals surface area contributed by atoms with Crippen LogP contribution in [0.4, 0.5) is 4.79 Å². The number of amides is 2. The van der Waals surface area contributed by atoms with Crippen LogP contribution >= 0.6 is 0 Å². The lowest BCUT2D eigenvalue weighted by Crippen LogP contribution is -2.51. The number of rotatable bonds is 6. The molecule has 7 nitrogen and oxygen atoms in total. The molecule has 2 amide bonds. The SMILES string of the molecule is CC1C(C(=O)O)CCN1C(=O)C(NC(=O)OCC1c2ccccc2-c2ccccc21)C1CC1. The molecule has 3 aliphatic rings. The first kappa shape index (κ1) is 21.5. The topological polar surface area (TPSA) is 95.9 Å². The molecule has 7 heteroatoms. The summed E-state index contributed by atoms with van der Waals surface area (Å²) in [7, 11) is 0. The summed E-state index contributed by atoms with van der Waals surface area (Å²) in [6.07, 6.45) is 1.56. The summed E-state index contributed by atoms with van der Waals surface area (Å²) < 4.78 is 5.63. The van der Waals surface area contributed by atoms with E-state index in [1.807, 2.05) is 24.3 Å². The normalized spacial score (nSPS) is 22.4. The van der Waals surface area contributed by atoms with Crippen LogP contribution in [0, 0.1) is 11.8 Å². The second-order valence-electron chi connectivity index (χ2n) is 9.29. The van der Waals surface area contributed by atoms with Crippen molar-refractivity contribution in [2.24, 2.45) is 11.8 Å². The third kappa shape index (κ3) is 3.96. The first-order chi connectivity index (χ1) is 16.0. The van der Waals surface area contributed by atoms with Crippen molar-refractivity contribution in [2.45, 2.75) is 44.2 Å². The van der Waals surface area contributed by atoms with Gasteiger partial charge in [-0.15, -0.1) is 0 Å². The summed E-state index contributed by atoms with van der Waals surface area (Å²) in [4.78, 5) is 39.0. The Morgan fingerprint density at radius 3 is 2.18 bits per heavy atom. The smallest absolute Gasteiger partial charge is 0.407 e. The molecule has 1 heterocycles. The van der Waals surface area contributed by atoms with Crippen LogP contribution < -0.4 is 5.32 Å². The van der Waals surface area contributed by atoms with E-state index in [-0.39, 0.29) is 30.4 Å². The van der Waals surface area contributed by atoms with Crippen LogP contribution in [0.25, 0.3) is 11.1 Å². The molecule has 1 saturated heterocycles. The van der Waals surface area contributed by atoms with Gasteiger partial charge in [0.15, 0.2) is 0 Å². The molecule has 5 rings (SSSR count). The Labute approximate surface area is 192 Å². The lowest BCUT2D eigenvalue weighted by molar-refractivity contribution is -0.143. The fourth-order valence-corrected chi connectivity index (χ4v) is 5.34. The summed E-state index contributed by atoms with van der Waals surface area (Å²) in [5, 5.41) is 12.2. The average Bonchev–Trinajstić information content (AvgIpc) is 3.50. The number of carboxylic acid groups (broad SMARTS) is 1. The predicted octanol–water partition coefficient (Wildman–Crippen LogP) is 3.63. The summed E-state index contributed by atoms with van der Waals surface area (Å²) in [5.74, 6) is -1.63.